The van der Waals surface area contributed by atoms with Crippen molar-refractivity contribution in [3.63, 3.8) is 0 Å². The molecule has 2 aromatic heterocycles. The first-order chi connectivity index (χ1) is 14.7. The van der Waals surface area contributed by atoms with Gasteiger partial charge in [0, 0.05) is 10.4 Å². The number of rotatable bonds is 7. The monoisotopic (exact) mass is 416 g/mol. The van der Waals surface area contributed by atoms with E-state index in [2.05, 4.69) is 39.8 Å². The normalized spacial score (nSPS) is 11.0. The van der Waals surface area contributed by atoms with E-state index in [0.29, 0.717) is 23.7 Å². The van der Waals surface area contributed by atoms with E-state index in [0.717, 1.165) is 16.0 Å². The third-order valence-corrected chi connectivity index (χ3v) is 5.21. The number of thiophene rings is 1. The van der Waals surface area contributed by atoms with Crippen LogP contribution in [0.2, 0.25) is 0 Å². The number of carbonyl (C=O) groups is 1. The maximum absolute atomic E-state index is 12.3. The topological polar surface area (TPSA) is 79.4 Å². The molecule has 2 N–H and O–H groups in total. The molecule has 0 bridgehead atoms. The molecule has 0 unspecified atom stereocenters. The van der Waals surface area contributed by atoms with Crippen LogP contribution in [0.4, 0.5) is 0 Å². The number of carbonyl (C=O) groups excluding carboxylic acids is 1. The molecule has 0 radical (unpaired) electrons. The van der Waals surface area contributed by atoms with Crippen molar-refractivity contribution in [3.05, 3.63) is 93.8 Å². The van der Waals surface area contributed by atoms with E-state index < -0.39 is 0 Å². The molecule has 150 valence electrons. The van der Waals surface area contributed by atoms with Crippen LogP contribution in [-0.4, -0.2) is 22.3 Å². The molecule has 30 heavy (non-hydrogen) atoms. The maximum atomic E-state index is 12.3. The van der Waals surface area contributed by atoms with Gasteiger partial charge in [-0.3, -0.25) is 9.89 Å². The maximum Gasteiger partial charge on any atom is 0.289 e. The lowest BCUT2D eigenvalue weighted by molar-refractivity contribution is 0.0950. The van der Waals surface area contributed by atoms with Gasteiger partial charge in [0.2, 0.25) is 0 Å². The molecule has 0 aliphatic rings. The van der Waals surface area contributed by atoms with E-state index in [-0.39, 0.29) is 5.91 Å². The highest BCUT2D eigenvalue weighted by atomic mass is 32.1. The van der Waals surface area contributed by atoms with Crippen molar-refractivity contribution < 1.29 is 9.53 Å². The smallest absolute Gasteiger partial charge is 0.289 e. The number of amides is 1. The molecule has 2 aromatic carbocycles. The molecule has 0 saturated heterocycles. The summed E-state index contributed by atoms with van der Waals surface area (Å²) in [5, 5.41) is 13.0. The van der Waals surface area contributed by atoms with Gasteiger partial charge < -0.3 is 4.74 Å². The molecule has 4 rings (SSSR count). The third kappa shape index (κ3) is 4.82. The highest BCUT2D eigenvalue weighted by Gasteiger charge is 2.13. The lowest BCUT2D eigenvalue weighted by Crippen LogP contribution is -2.17. The van der Waals surface area contributed by atoms with Crippen molar-refractivity contribution in [2.24, 2.45) is 5.10 Å². The van der Waals surface area contributed by atoms with Crippen molar-refractivity contribution in [1.82, 2.24) is 15.6 Å². The molecular formula is C23H20N4O2S. The number of benzene rings is 2. The summed E-state index contributed by atoms with van der Waals surface area (Å²) in [7, 11) is 0. The Morgan fingerprint density at radius 3 is 2.80 bits per heavy atom. The molecule has 7 heteroatoms. The van der Waals surface area contributed by atoms with Crippen LogP contribution in [0.5, 0.6) is 5.75 Å². The van der Waals surface area contributed by atoms with E-state index >= 15 is 0 Å². The Kier molecular flexibility index (Phi) is 6.01. The van der Waals surface area contributed by atoms with Gasteiger partial charge in [-0.2, -0.15) is 10.2 Å². The Labute approximate surface area is 178 Å². The first-order valence-electron chi connectivity index (χ1n) is 9.39. The second-order valence-electron chi connectivity index (χ2n) is 6.65. The summed E-state index contributed by atoms with van der Waals surface area (Å²) in [5.41, 5.74) is 6.55. The Balaban J connectivity index is 1.45. The Hall–Kier alpha value is -3.71. The highest BCUT2D eigenvalue weighted by molar-refractivity contribution is 7.11. The fourth-order valence-electron chi connectivity index (χ4n) is 2.80. The number of nitrogens with one attached hydrogen (secondary N) is 2. The number of hydrogen-bond donors (Lipinski definition) is 2. The van der Waals surface area contributed by atoms with Gasteiger partial charge in [0.15, 0.2) is 0 Å². The largest absolute Gasteiger partial charge is 0.488 e. The summed E-state index contributed by atoms with van der Waals surface area (Å²) in [5.74, 6) is 0.340. The average Bonchev–Trinajstić information content (AvgIpc) is 3.46. The van der Waals surface area contributed by atoms with Gasteiger partial charge in [0.25, 0.3) is 5.91 Å². The second kappa shape index (κ2) is 9.19. The van der Waals surface area contributed by atoms with Gasteiger partial charge in [-0.05, 0) is 42.1 Å². The van der Waals surface area contributed by atoms with Crippen LogP contribution in [0.1, 0.15) is 26.5 Å². The van der Waals surface area contributed by atoms with Gasteiger partial charge in [0.05, 0.1) is 11.9 Å². The number of nitrogens with zero attached hydrogens (tertiary/aromatic N) is 2. The van der Waals surface area contributed by atoms with Gasteiger partial charge in [-0.1, -0.05) is 48.0 Å². The Morgan fingerprint density at radius 1 is 1.17 bits per heavy atom. The minimum atomic E-state index is -0.361. The molecule has 0 saturated carbocycles. The molecule has 0 aliphatic heterocycles. The molecule has 0 aliphatic carbocycles. The third-order valence-electron chi connectivity index (χ3n) is 4.40. The van der Waals surface area contributed by atoms with Crippen molar-refractivity contribution in [2.45, 2.75) is 13.5 Å². The Bertz CT molecular complexity index is 1150. The lowest BCUT2D eigenvalue weighted by atomic mass is 10.1. The van der Waals surface area contributed by atoms with Crippen LogP contribution in [-0.2, 0) is 6.61 Å². The van der Waals surface area contributed by atoms with Gasteiger partial charge in [-0.25, -0.2) is 5.43 Å². The van der Waals surface area contributed by atoms with Crippen LogP contribution in [0.3, 0.4) is 0 Å². The number of H-pyrrole nitrogens is 1. The predicted molar refractivity (Wildman–Crippen MR) is 119 cm³/mol. The molecule has 0 atom stereocenters. The minimum absolute atomic E-state index is 0.321. The van der Waals surface area contributed by atoms with Gasteiger partial charge in [-0.15, -0.1) is 11.3 Å². The number of hydrogen-bond acceptors (Lipinski definition) is 5. The van der Waals surface area contributed by atoms with Gasteiger partial charge >= 0.3 is 0 Å². The first-order valence-corrected chi connectivity index (χ1v) is 10.3. The Morgan fingerprint density at radius 2 is 2.00 bits per heavy atom. The number of hydrazone groups is 1. The van der Waals surface area contributed by atoms with Crippen LogP contribution in [0, 0.1) is 6.92 Å². The van der Waals surface area contributed by atoms with Crippen molar-refractivity contribution in [2.75, 3.05) is 0 Å². The fourth-order valence-corrected chi connectivity index (χ4v) is 3.39. The zero-order valence-electron chi connectivity index (χ0n) is 16.3. The summed E-state index contributed by atoms with van der Waals surface area (Å²) in [6.07, 6.45) is 1.61. The van der Waals surface area contributed by atoms with E-state index in [1.165, 1.54) is 5.56 Å². The fraction of sp³-hybridized carbons (Fsp3) is 0.0870. The highest BCUT2D eigenvalue weighted by Crippen LogP contribution is 2.29. The van der Waals surface area contributed by atoms with Crippen molar-refractivity contribution >= 4 is 23.5 Å². The molecule has 2 heterocycles. The summed E-state index contributed by atoms with van der Waals surface area (Å²) in [6.45, 7) is 2.51. The molecular weight excluding hydrogens is 396 g/mol. The lowest BCUT2D eigenvalue weighted by Gasteiger charge is -2.10. The number of aryl methyl sites for hydroxylation is 1. The SMILES string of the molecule is Cc1ccc(COc2ccccc2-c2cc(C(=O)N/N=C/c3cccs3)[nH]n2)cc1. The quantitative estimate of drug-likeness (QED) is 0.336. The molecule has 6 nitrogen and oxygen atoms in total. The van der Waals surface area contributed by atoms with Crippen molar-refractivity contribution in [3.8, 4) is 17.0 Å². The average molecular weight is 417 g/mol. The summed E-state index contributed by atoms with van der Waals surface area (Å²) >= 11 is 1.54. The molecule has 4 aromatic rings. The minimum Gasteiger partial charge on any atom is -0.488 e. The predicted octanol–water partition coefficient (Wildman–Crippen LogP) is 4.79. The van der Waals surface area contributed by atoms with Crippen LogP contribution in [0.25, 0.3) is 11.3 Å². The van der Waals surface area contributed by atoms with Crippen LogP contribution in [0.15, 0.2) is 77.2 Å². The van der Waals surface area contributed by atoms with E-state index in [1.54, 1.807) is 23.6 Å². The van der Waals surface area contributed by atoms with E-state index in [9.17, 15) is 4.79 Å². The number of para-hydroxylation sites is 1. The first kappa shape index (κ1) is 19.6. The summed E-state index contributed by atoms with van der Waals surface area (Å²) < 4.78 is 6.02. The zero-order chi connectivity index (χ0) is 20.8. The molecule has 1 amide bonds. The molecule has 0 spiro atoms. The van der Waals surface area contributed by atoms with Gasteiger partial charge in [0.1, 0.15) is 18.1 Å². The second-order valence-corrected chi connectivity index (χ2v) is 7.63. The zero-order valence-corrected chi connectivity index (χ0v) is 17.1. The van der Waals surface area contributed by atoms with Crippen LogP contribution < -0.4 is 10.2 Å². The molecule has 0 fully saturated rings. The number of aromatic amines is 1. The number of ether oxygens (including phenoxy) is 1. The van der Waals surface area contributed by atoms with E-state index in [1.807, 2.05) is 53.9 Å². The van der Waals surface area contributed by atoms with Crippen LogP contribution >= 0.6 is 11.3 Å². The van der Waals surface area contributed by atoms with E-state index in [4.69, 9.17) is 4.74 Å². The standard InChI is InChI=1S/C23H20N4O2S/c1-16-8-10-17(11-9-16)15-29-22-7-3-2-6-19(22)20-13-21(26-25-20)23(28)27-24-14-18-5-4-12-30-18/h2-14H,15H2,1H3,(H,25,26)(H,27,28)/b24-14+. The summed E-state index contributed by atoms with van der Waals surface area (Å²) in [6, 6.07) is 21.4. The number of aromatic nitrogens is 2. The van der Waals surface area contributed by atoms with Crippen molar-refractivity contribution in [1.29, 1.82) is 0 Å². The summed E-state index contributed by atoms with van der Waals surface area (Å²) in [4.78, 5) is 13.3.